The highest BCUT2D eigenvalue weighted by Crippen LogP contribution is 2.44. The summed E-state index contributed by atoms with van der Waals surface area (Å²) in [6.07, 6.45) is -0.0702. The molecular formula is C13H17BrO4. The number of phenols is 1. The number of aliphatic carboxylic acids is 1. The summed E-state index contributed by atoms with van der Waals surface area (Å²) in [5, 5.41) is 19.1. The lowest BCUT2D eigenvalue weighted by Crippen LogP contribution is -2.22. The van der Waals surface area contributed by atoms with E-state index in [0.29, 0.717) is 11.3 Å². The number of rotatable bonds is 4. The lowest BCUT2D eigenvalue weighted by molar-refractivity contribution is -0.138. The van der Waals surface area contributed by atoms with Crippen molar-refractivity contribution < 1.29 is 19.7 Å². The molecule has 0 saturated heterocycles. The zero-order valence-corrected chi connectivity index (χ0v) is 12.5. The minimum absolute atomic E-state index is 0.00412. The van der Waals surface area contributed by atoms with Crippen LogP contribution in [0.15, 0.2) is 10.5 Å². The number of carboxylic acid groups (broad SMARTS) is 1. The number of halogens is 1. The molecule has 0 fully saturated rings. The molecular weight excluding hydrogens is 300 g/mol. The third-order valence-electron chi connectivity index (χ3n) is 2.97. The van der Waals surface area contributed by atoms with Gasteiger partial charge in [0.15, 0.2) is 11.5 Å². The van der Waals surface area contributed by atoms with Crippen LogP contribution in [0.25, 0.3) is 0 Å². The summed E-state index contributed by atoms with van der Waals surface area (Å²) in [6, 6.07) is 1.75. The van der Waals surface area contributed by atoms with E-state index in [1.165, 1.54) is 7.11 Å². The molecule has 18 heavy (non-hydrogen) atoms. The first kappa shape index (κ1) is 14.8. The monoisotopic (exact) mass is 316 g/mol. The van der Waals surface area contributed by atoms with Crippen molar-refractivity contribution in [3.8, 4) is 11.5 Å². The van der Waals surface area contributed by atoms with E-state index in [-0.39, 0.29) is 12.2 Å². The molecule has 1 aromatic rings. The van der Waals surface area contributed by atoms with Crippen LogP contribution in [0.2, 0.25) is 0 Å². The largest absolute Gasteiger partial charge is 0.504 e. The van der Waals surface area contributed by atoms with Crippen molar-refractivity contribution in [2.45, 2.75) is 32.6 Å². The number of carboxylic acids is 1. The number of aromatic hydroxyl groups is 1. The van der Waals surface area contributed by atoms with Gasteiger partial charge in [0.1, 0.15) is 0 Å². The summed E-state index contributed by atoms with van der Waals surface area (Å²) in [6.45, 7) is 5.37. The first-order valence-electron chi connectivity index (χ1n) is 5.49. The predicted octanol–water partition coefficient (Wildman–Crippen LogP) is 3.22. The van der Waals surface area contributed by atoms with E-state index in [1.54, 1.807) is 19.9 Å². The number of benzene rings is 1. The van der Waals surface area contributed by atoms with Crippen LogP contribution < -0.4 is 4.74 Å². The highest BCUT2D eigenvalue weighted by molar-refractivity contribution is 9.10. The van der Waals surface area contributed by atoms with Crippen LogP contribution in [0, 0.1) is 6.92 Å². The van der Waals surface area contributed by atoms with E-state index in [9.17, 15) is 9.90 Å². The topological polar surface area (TPSA) is 66.8 Å². The number of hydrogen-bond donors (Lipinski definition) is 2. The first-order valence-corrected chi connectivity index (χ1v) is 6.28. The Morgan fingerprint density at radius 1 is 1.50 bits per heavy atom. The molecule has 1 aromatic carbocycles. The zero-order chi connectivity index (χ0) is 14.1. The van der Waals surface area contributed by atoms with Crippen LogP contribution in [0.3, 0.4) is 0 Å². The molecule has 5 heteroatoms. The maximum atomic E-state index is 10.9. The second-order valence-electron chi connectivity index (χ2n) is 4.87. The fourth-order valence-electron chi connectivity index (χ4n) is 1.95. The van der Waals surface area contributed by atoms with Gasteiger partial charge in [-0.05, 0) is 13.0 Å². The van der Waals surface area contributed by atoms with Crippen molar-refractivity contribution in [1.29, 1.82) is 0 Å². The molecule has 0 radical (unpaired) electrons. The number of hydrogen-bond acceptors (Lipinski definition) is 3. The van der Waals surface area contributed by atoms with Gasteiger partial charge in [0.2, 0.25) is 0 Å². The van der Waals surface area contributed by atoms with Gasteiger partial charge >= 0.3 is 5.97 Å². The molecule has 0 aliphatic heterocycles. The van der Waals surface area contributed by atoms with Crippen molar-refractivity contribution in [3.05, 3.63) is 21.7 Å². The number of methoxy groups -OCH3 is 1. The Kier molecular flexibility index (Phi) is 4.27. The number of carbonyl (C=O) groups is 1. The molecule has 0 saturated carbocycles. The quantitative estimate of drug-likeness (QED) is 0.895. The van der Waals surface area contributed by atoms with Crippen molar-refractivity contribution in [3.63, 3.8) is 0 Å². The molecule has 0 bridgehead atoms. The average molecular weight is 317 g/mol. The highest BCUT2D eigenvalue weighted by Gasteiger charge is 2.30. The van der Waals surface area contributed by atoms with Gasteiger partial charge in [-0.3, -0.25) is 4.79 Å². The van der Waals surface area contributed by atoms with E-state index >= 15 is 0 Å². The number of ether oxygens (including phenoxy) is 1. The second-order valence-corrected chi connectivity index (χ2v) is 5.72. The maximum Gasteiger partial charge on any atom is 0.304 e. The molecule has 0 spiro atoms. The van der Waals surface area contributed by atoms with E-state index in [2.05, 4.69) is 15.9 Å². The smallest absolute Gasteiger partial charge is 0.304 e. The maximum absolute atomic E-state index is 10.9. The van der Waals surface area contributed by atoms with Gasteiger partial charge in [-0.25, -0.2) is 0 Å². The molecule has 0 aliphatic rings. The molecule has 100 valence electrons. The highest BCUT2D eigenvalue weighted by atomic mass is 79.9. The van der Waals surface area contributed by atoms with Gasteiger partial charge in [0.05, 0.1) is 13.5 Å². The molecule has 0 atom stereocenters. The third-order valence-corrected chi connectivity index (χ3v) is 3.79. The van der Waals surface area contributed by atoms with Crippen LogP contribution in [0.4, 0.5) is 0 Å². The summed E-state index contributed by atoms with van der Waals surface area (Å²) in [4.78, 5) is 10.9. The van der Waals surface area contributed by atoms with Gasteiger partial charge in [0, 0.05) is 21.0 Å². The van der Waals surface area contributed by atoms with Crippen molar-refractivity contribution >= 4 is 21.9 Å². The van der Waals surface area contributed by atoms with Crippen LogP contribution in [-0.4, -0.2) is 23.3 Å². The summed E-state index contributed by atoms with van der Waals surface area (Å²) in [7, 11) is 1.47. The molecule has 0 aliphatic carbocycles. The van der Waals surface area contributed by atoms with E-state index in [0.717, 1.165) is 10.0 Å². The molecule has 0 heterocycles. The SMILES string of the molecule is COc1c(C)c(Br)cc(C(C)(C)CC(=O)O)c1O. The number of phenolic OH excluding ortho intramolecular Hbond substituents is 1. The zero-order valence-electron chi connectivity index (χ0n) is 10.9. The second kappa shape index (κ2) is 5.18. The van der Waals surface area contributed by atoms with Gasteiger partial charge in [-0.1, -0.05) is 29.8 Å². The Hall–Kier alpha value is -1.23. The van der Waals surface area contributed by atoms with Crippen LogP contribution in [-0.2, 0) is 10.2 Å². The standard InChI is InChI=1S/C13H17BrO4/c1-7-9(14)5-8(11(17)12(7)18-4)13(2,3)6-10(15)16/h5,17H,6H2,1-4H3,(H,15,16). The van der Waals surface area contributed by atoms with E-state index < -0.39 is 11.4 Å². The fraction of sp³-hybridized carbons (Fsp3) is 0.462. The Balaban J connectivity index is 3.42. The Morgan fingerprint density at radius 2 is 2.06 bits per heavy atom. The Labute approximate surface area is 115 Å². The Morgan fingerprint density at radius 3 is 2.50 bits per heavy atom. The lowest BCUT2D eigenvalue weighted by atomic mass is 9.80. The summed E-state index contributed by atoms with van der Waals surface area (Å²) < 4.78 is 5.95. The molecule has 1 rings (SSSR count). The third kappa shape index (κ3) is 2.77. The fourth-order valence-corrected chi connectivity index (χ4v) is 2.36. The van der Waals surface area contributed by atoms with Crippen LogP contribution in [0.1, 0.15) is 31.4 Å². The first-order chi connectivity index (χ1) is 8.20. The van der Waals surface area contributed by atoms with Crippen molar-refractivity contribution in [2.75, 3.05) is 7.11 Å². The molecule has 4 nitrogen and oxygen atoms in total. The van der Waals surface area contributed by atoms with Crippen molar-refractivity contribution in [1.82, 2.24) is 0 Å². The van der Waals surface area contributed by atoms with Gasteiger partial charge in [-0.15, -0.1) is 0 Å². The minimum atomic E-state index is -0.907. The molecule has 2 N–H and O–H groups in total. The molecule has 0 unspecified atom stereocenters. The van der Waals surface area contributed by atoms with Gasteiger partial charge in [-0.2, -0.15) is 0 Å². The summed E-state index contributed by atoms with van der Waals surface area (Å²) in [5.74, 6) is -0.530. The van der Waals surface area contributed by atoms with Crippen LogP contribution >= 0.6 is 15.9 Å². The van der Waals surface area contributed by atoms with E-state index in [4.69, 9.17) is 9.84 Å². The minimum Gasteiger partial charge on any atom is -0.504 e. The van der Waals surface area contributed by atoms with Crippen molar-refractivity contribution in [2.24, 2.45) is 0 Å². The average Bonchev–Trinajstić information content (AvgIpc) is 2.22. The summed E-state index contributed by atoms with van der Waals surface area (Å²) in [5.41, 5.74) is 0.656. The lowest BCUT2D eigenvalue weighted by Gasteiger charge is -2.26. The Bertz CT molecular complexity index is 480. The normalized spacial score (nSPS) is 11.4. The summed E-state index contributed by atoms with van der Waals surface area (Å²) >= 11 is 3.39. The molecule has 0 aromatic heterocycles. The van der Waals surface area contributed by atoms with Gasteiger partial charge in [0.25, 0.3) is 0 Å². The van der Waals surface area contributed by atoms with Gasteiger partial charge < -0.3 is 14.9 Å². The predicted molar refractivity (Wildman–Crippen MR) is 72.4 cm³/mol. The van der Waals surface area contributed by atoms with Crippen LogP contribution in [0.5, 0.6) is 11.5 Å². The molecule has 0 amide bonds. The van der Waals surface area contributed by atoms with E-state index in [1.807, 2.05) is 6.92 Å².